The van der Waals surface area contributed by atoms with Crippen molar-refractivity contribution in [2.24, 2.45) is 0 Å². The Hall–Kier alpha value is -2.98. The largest absolute Gasteiger partial charge is 0.490 e. The Labute approximate surface area is 150 Å². The quantitative estimate of drug-likeness (QED) is 0.606. The summed E-state index contributed by atoms with van der Waals surface area (Å²) < 4.78 is 30.0. The van der Waals surface area contributed by atoms with Crippen LogP contribution in [-0.4, -0.2) is 44.8 Å². The molecule has 2 rings (SSSR count). The van der Waals surface area contributed by atoms with Crippen LogP contribution in [0.5, 0.6) is 5.75 Å². The lowest BCUT2D eigenvalue weighted by Gasteiger charge is -2.12. The molecular weight excluding hydrogens is 362 g/mol. The number of nitrogens with one attached hydrogen (secondary N) is 1. The molecular formula is C16H17N3O6S. The molecule has 2 aromatic rings. The Kier molecular flexibility index (Phi) is 5.58. The Morgan fingerprint density at radius 1 is 1.15 bits per heavy atom. The number of ether oxygens (including phenoxy) is 1. The SMILES string of the molecule is COc1ccc(NC(=O)c2ccc(S(=O)(=O)N(C)C)cc2)cc1[N+](=O)[O-]. The lowest BCUT2D eigenvalue weighted by molar-refractivity contribution is -0.385. The van der Waals surface area contributed by atoms with Crippen molar-refractivity contribution in [3.8, 4) is 5.75 Å². The van der Waals surface area contributed by atoms with Crippen LogP contribution in [-0.2, 0) is 10.0 Å². The lowest BCUT2D eigenvalue weighted by atomic mass is 10.2. The minimum absolute atomic E-state index is 0.0548. The number of hydrogen-bond acceptors (Lipinski definition) is 6. The van der Waals surface area contributed by atoms with Crippen LogP contribution in [0.4, 0.5) is 11.4 Å². The Bertz CT molecular complexity index is 939. The second-order valence-corrected chi connectivity index (χ2v) is 7.56. The van der Waals surface area contributed by atoms with Gasteiger partial charge in [0, 0.05) is 31.4 Å². The van der Waals surface area contributed by atoms with E-state index in [1.54, 1.807) is 0 Å². The highest BCUT2D eigenvalue weighted by molar-refractivity contribution is 7.89. The average Bonchev–Trinajstić information content (AvgIpc) is 2.61. The third-order valence-corrected chi connectivity index (χ3v) is 5.36. The summed E-state index contributed by atoms with van der Waals surface area (Å²) in [6, 6.07) is 9.39. The zero-order valence-corrected chi connectivity index (χ0v) is 15.1. The normalized spacial score (nSPS) is 11.2. The molecule has 0 bridgehead atoms. The number of carbonyl (C=O) groups excluding carboxylic acids is 1. The van der Waals surface area contributed by atoms with Crippen LogP contribution in [0.1, 0.15) is 10.4 Å². The summed E-state index contributed by atoms with van der Waals surface area (Å²) in [5.74, 6) is -0.454. The van der Waals surface area contributed by atoms with Crippen molar-refractivity contribution in [3.63, 3.8) is 0 Å². The van der Waals surface area contributed by atoms with E-state index in [0.29, 0.717) is 0 Å². The molecule has 0 spiro atoms. The van der Waals surface area contributed by atoms with Gasteiger partial charge in [-0.1, -0.05) is 0 Å². The number of hydrogen-bond donors (Lipinski definition) is 1. The first-order valence-corrected chi connectivity index (χ1v) is 8.77. The molecule has 0 heterocycles. The summed E-state index contributed by atoms with van der Waals surface area (Å²) in [4.78, 5) is 22.7. The van der Waals surface area contributed by atoms with Crippen LogP contribution in [0.3, 0.4) is 0 Å². The van der Waals surface area contributed by atoms with Gasteiger partial charge in [0.15, 0.2) is 5.75 Å². The second-order valence-electron chi connectivity index (χ2n) is 5.41. The minimum Gasteiger partial charge on any atom is -0.490 e. The summed E-state index contributed by atoms with van der Waals surface area (Å²) in [7, 11) is 0.540. The van der Waals surface area contributed by atoms with E-state index in [4.69, 9.17) is 4.74 Å². The highest BCUT2D eigenvalue weighted by Crippen LogP contribution is 2.29. The third-order valence-electron chi connectivity index (χ3n) is 3.53. The van der Waals surface area contributed by atoms with Crippen molar-refractivity contribution in [1.29, 1.82) is 0 Å². The van der Waals surface area contributed by atoms with E-state index in [2.05, 4.69) is 5.32 Å². The smallest absolute Gasteiger partial charge is 0.312 e. The second kappa shape index (κ2) is 7.50. The van der Waals surface area contributed by atoms with Crippen LogP contribution in [0.25, 0.3) is 0 Å². The minimum atomic E-state index is -3.59. The summed E-state index contributed by atoms with van der Waals surface area (Å²) in [5, 5.41) is 13.6. The number of amides is 1. The van der Waals surface area contributed by atoms with E-state index in [9.17, 15) is 23.3 Å². The molecule has 9 nitrogen and oxygen atoms in total. The maximum Gasteiger partial charge on any atom is 0.312 e. The van der Waals surface area contributed by atoms with Crippen molar-refractivity contribution in [1.82, 2.24) is 4.31 Å². The van der Waals surface area contributed by atoms with E-state index in [0.717, 1.165) is 4.31 Å². The fourth-order valence-electron chi connectivity index (χ4n) is 2.10. The molecule has 0 aliphatic rings. The monoisotopic (exact) mass is 379 g/mol. The fraction of sp³-hybridized carbons (Fsp3) is 0.188. The Morgan fingerprint density at radius 2 is 1.77 bits per heavy atom. The number of methoxy groups -OCH3 is 1. The molecule has 10 heteroatoms. The first kappa shape index (κ1) is 19.3. The number of benzene rings is 2. The van der Waals surface area contributed by atoms with Gasteiger partial charge in [0.2, 0.25) is 10.0 Å². The van der Waals surface area contributed by atoms with Crippen LogP contribution < -0.4 is 10.1 Å². The number of sulfonamides is 1. The van der Waals surface area contributed by atoms with Crippen LogP contribution in [0, 0.1) is 10.1 Å². The molecule has 0 atom stereocenters. The maximum atomic E-state index is 12.3. The molecule has 138 valence electrons. The van der Waals surface area contributed by atoms with E-state index in [1.807, 2.05) is 0 Å². The van der Waals surface area contributed by atoms with Crippen LogP contribution in [0.2, 0.25) is 0 Å². The van der Waals surface area contributed by atoms with Crippen LogP contribution >= 0.6 is 0 Å². The van der Waals surface area contributed by atoms with Crippen molar-refractivity contribution in [3.05, 3.63) is 58.1 Å². The highest BCUT2D eigenvalue weighted by Gasteiger charge is 2.19. The summed E-state index contributed by atoms with van der Waals surface area (Å²) in [5.41, 5.74) is 0.145. The van der Waals surface area contributed by atoms with Gasteiger partial charge in [-0.2, -0.15) is 0 Å². The third kappa shape index (κ3) is 3.98. The van der Waals surface area contributed by atoms with Gasteiger partial charge in [-0.3, -0.25) is 14.9 Å². The zero-order valence-electron chi connectivity index (χ0n) is 14.3. The van der Waals surface area contributed by atoms with Crippen molar-refractivity contribution in [2.75, 3.05) is 26.5 Å². The Balaban J connectivity index is 2.23. The van der Waals surface area contributed by atoms with Gasteiger partial charge in [-0.25, -0.2) is 12.7 Å². The summed E-state index contributed by atoms with van der Waals surface area (Å²) in [6.45, 7) is 0. The van der Waals surface area contributed by atoms with Gasteiger partial charge in [-0.15, -0.1) is 0 Å². The molecule has 0 radical (unpaired) electrons. The molecule has 0 aliphatic carbocycles. The molecule has 0 saturated carbocycles. The topological polar surface area (TPSA) is 119 Å². The van der Waals surface area contributed by atoms with Crippen molar-refractivity contribution >= 4 is 27.3 Å². The standard InChI is InChI=1S/C16H17N3O6S/c1-18(2)26(23,24)13-7-4-11(5-8-13)16(20)17-12-6-9-15(25-3)14(10-12)19(21)22/h4-10H,1-3H3,(H,17,20). The number of carbonyl (C=O) groups is 1. The molecule has 26 heavy (non-hydrogen) atoms. The molecule has 0 unspecified atom stereocenters. The molecule has 0 aliphatic heterocycles. The van der Waals surface area contributed by atoms with Gasteiger partial charge in [0.25, 0.3) is 5.91 Å². The maximum absolute atomic E-state index is 12.3. The molecule has 0 saturated heterocycles. The average molecular weight is 379 g/mol. The molecule has 0 aromatic heterocycles. The Morgan fingerprint density at radius 3 is 2.27 bits per heavy atom. The number of nitro groups is 1. The predicted octanol–water partition coefficient (Wildman–Crippen LogP) is 2.11. The summed E-state index contributed by atoms with van der Waals surface area (Å²) in [6.07, 6.45) is 0. The zero-order chi connectivity index (χ0) is 19.5. The molecule has 1 N–H and O–H groups in total. The fourth-order valence-corrected chi connectivity index (χ4v) is 3.00. The van der Waals surface area contributed by atoms with Gasteiger partial charge in [0.05, 0.1) is 16.9 Å². The first-order valence-electron chi connectivity index (χ1n) is 7.33. The molecule has 0 fully saturated rings. The number of nitrogens with zero attached hydrogens (tertiary/aromatic N) is 2. The molecule has 2 aromatic carbocycles. The van der Waals surface area contributed by atoms with Gasteiger partial charge in [0.1, 0.15) is 0 Å². The lowest BCUT2D eigenvalue weighted by Crippen LogP contribution is -2.22. The number of anilines is 1. The van der Waals surface area contributed by atoms with Gasteiger partial charge >= 0.3 is 5.69 Å². The first-order chi connectivity index (χ1) is 12.2. The van der Waals surface area contributed by atoms with Crippen molar-refractivity contribution < 1.29 is 22.9 Å². The predicted molar refractivity (Wildman–Crippen MR) is 94.9 cm³/mol. The van der Waals surface area contributed by atoms with E-state index < -0.39 is 20.9 Å². The highest BCUT2D eigenvalue weighted by atomic mass is 32.2. The van der Waals surface area contributed by atoms with E-state index >= 15 is 0 Å². The van der Waals surface area contributed by atoms with E-state index in [1.165, 1.54) is 63.7 Å². The number of nitro benzene ring substituents is 1. The summed E-state index contributed by atoms with van der Waals surface area (Å²) >= 11 is 0. The van der Waals surface area contributed by atoms with Gasteiger partial charge in [-0.05, 0) is 36.4 Å². The molecule has 1 amide bonds. The number of rotatable bonds is 6. The van der Waals surface area contributed by atoms with Crippen LogP contribution in [0.15, 0.2) is 47.4 Å². The van der Waals surface area contributed by atoms with Gasteiger partial charge < -0.3 is 10.1 Å². The van der Waals surface area contributed by atoms with E-state index in [-0.39, 0.29) is 27.6 Å². The van der Waals surface area contributed by atoms with Crippen molar-refractivity contribution in [2.45, 2.75) is 4.90 Å².